The molecule has 0 amide bonds. The fourth-order valence-electron chi connectivity index (χ4n) is 3.76. The molecule has 1 N–H and O–H groups in total. The molecular weight excluding hydrogens is 248 g/mol. The summed E-state index contributed by atoms with van der Waals surface area (Å²) in [6, 6.07) is 8.87. The second kappa shape index (κ2) is 5.99. The topological polar surface area (TPSA) is 37.3 Å². The summed E-state index contributed by atoms with van der Waals surface area (Å²) in [4.78, 5) is 11.5. The maximum Gasteiger partial charge on any atom is 0.307 e. The summed E-state index contributed by atoms with van der Waals surface area (Å²) in [5, 5.41) is 9.48. The van der Waals surface area contributed by atoms with Gasteiger partial charge < -0.3 is 5.11 Å². The molecule has 0 aromatic heterocycles. The van der Waals surface area contributed by atoms with Crippen LogP contribution in [0.4, 0.5) is 0 Å². The van der Waals surface area contributed by atoms with Crippen molar-refractivity contribution < 1.29 is 9.90 Å². The maximum absolute atomic E-state index is 11.5. The molecule has 3 rings (SSSR count). The van der Waals surface area contributed by atoms with Gasteiger partial charge in [-0.25, -0.2) is 0 Å². The first kappa shape index (κ1) is 13.7. The van der Waals surface area contributed by atoms with E-state index in [0.717, 1.165) is 25.2 Å². The van der Waals surface area contributed by atoms with Crippen LogP contribution in [0.3, 0.4) is 0 Å². The number of aliphatic carboxylic acids is 1. The van der Waals surface area contributed by atoms with E-state index in [9.17, 15) is 9.90 Å². The Morgan fingerprint density at radius 2 is 1.50 bits per heavy atom. The Balaban J connectivity index is 1.79. The number of benzene rings is 1. The van der Waals surface area contributed by atoms with Gasteiger partial charge in [-0.1, -0.05) is 49.9 Å². The van der Waals surface area contributed by atoms with Gasteiger partial charge in [-0.15, -0.1) is 0 Å². The molecule has 0 heterocycles. The number of hydrogen-bond donors (Lipinski definition) is 1. The summed E-state index contributed by atoms with van der Waals surface area (Å²) < 4.78 is 0. The molecular formula is C18H24O2. The van der Waals surface area contributed by atoms with Crippen LogP contribution in [0.5, 0.6) is 0 Å². The molecule has 2 fully saturated rings. The summed E-state index contributed by atoms with van der Waals surface area (Å²) >= 11 is 0. The second-order valence-electron chi connectivity index (χ2n) is 6.48. The van der Waals surface area contributed by atoms with Crippen LogP contribution in [0.15, 0.2) is 24.3 Å². The SMILES string of the molecule is O=C(O)C1CCCCCC1c1ccc(C2CCC2)cc1. The maximum atomic E-state index is 11.5. The zero-order chi connectivity index (χ0) is 13.9. The minimum absolute atomic E-state index is 0.188. The number of hydrogen-bond acceptors (Lipinski definition) is 1. The molecule has 0 saturated heterocycles. The van der Waals surface area contributed by atoms with E-state index in [1.165, 1.54) is 43.2 Å². The lowest BCUT2D eigenvalue weighted by atomic mass is 9.78. The number of rotatable bonds is 3. The standard InChI is InChI=1S/C18H24O2/c19-18(20)17-8-3-1-2-7-16(17)15-11-9-14(10-12-15)13-5-4-6-13/h9-13,16-17H,1-8H2,(H,19,20). The molecule has 2 unspecified atom stereocenters. The molecule has 0 radical (unpaired) electrons. The van der Waals surface area contributed by atoms with Gasteiger partial charge in [0, 0.05) is 0 Å². The van der Waals surface area contributed by atoms with E-state index in [4.69, 9.17) is 0 Å². The van der Waals surface area contributed by atoms with Crippen molar-refractivity contribution in [2.45, 2.75) is 63.2 Å². The quantitative estimate of drug-likeness (QED) is 0.810. The fraction of sp³-hybridized carbons (Fsp3) is 0.611. The second-order valence-corrected chi connectivity index (χ2v) is 6.48. The van der Waals surface area contributed by atoms with Gasteiger partial charge in [-0.3, -0.25) is 4.79 Å². The Hall–Kier alpha value is -1.31. The van der Waals surface area contributed by atoms with Crippen molar-refractivity contribution in [3.8, 4) is 0 Å². The molecule has 0 bridgehead atoms. The van der Waals surface area contributed by atoms with Gasteiger partial charge in [0.05, 0.1) is 5.92 Å². The molecule has 1 aromatic carbocycles. The third-order valence-corrected chi connectivity index (χ3v) is 5.27. The Bertz CT molecular complexity index is 459. The summed E-state index contributed by atoms with van der Waals surface area (Å²) in [7, 11) is 0. The lowest BCUT2D eigenvalue weighted by Crippen LogP contribution is -2.21. The number of carboxylic acid groups (broad SMARTS) is 1. The first-order chi connectivity index (χ1) is 9.75. The van der Waals surface area contributed by atoms with E-state index < -0.39 is 5.97 Å². The van der Waals surface area contributed by atoms with Crippen molar-refractivity contribution in [1.82, 2.24) is 0 Å². The first-order valence-electron chi connectivity index (χ1n) is 8.08. The van der Waals surface area contributed by atoms with Gasteiger partial charge in [0.1, 0.15) is 0 Å². The third kappa shape index (κ3) is 2.74. The molecule has 2 aliphatic rings. The van der Waals surface area contributed by atoms with Crippen LogP contribution in [0.1, 0.15) is 74.3 Å². The lowest BCUT2D eigenvalue weighted by molar-refractivity contribution is -0.142. The number of carbonyl (C=O) groups is 1. The van der Waals surface area contributed by atoms with E-state index in [1.54, 1.807) is 0 Å². The van der Waals surface area contributed by atoms with E-state index in [1.807, 2.05) is 0 Å². The highest BCUT2D eigenvalue weighted by atomic mass is 16.4. The van der Waals surface area contributed by atoms with E-state index >= 15 is 0 Å². The van der Waals surface area contributed by atoms with Gasteiger partial charge in [0.2, 0.25) is 0 Å². The van der Waals surface area contributed by atoms with E-state index in [2.05, 4.69) is 24.3 Å². The van der Waals surface area contributed by atoms with Crippen molar-refractivity contribution in [3.63, 3.8) is 0 Å². The van der Waals surface area contributed by atoms with Crippen LogP contribution in [-0.2, 0) is 4.79 Å². The first-order valence-corrected chi connectivity index (χ1v) is 8.08. The van der Waals surface area contributed by atoms with Crippen LogP contribution in [-0.4, -0.2) is 11.1 Å². The fourth-order valence-corrected chi connectivity index (χ4v) is 3.76. The average Bonchev–Trinajstić information content (AvgIpc) is 2.63. The molecule has 2 atom stereocenters. The minimum Gasteiger partial charge on any atom is -0.481 e. The lowest BCUT2D eigenvalue weighted by Gasteiger charge is -2.27. The molecule has 1 aromatic rings. The Morgan fingerprint density at radius 3 is 2.10 bits per heavy atom. The van der Waals surface area contributed by atoms with Crippen molar-refractivity contribution in [1.29, 1.82) is 0 Å². The smallest absolute Gasteiger partial charge is 0.307 e. The largest absolute Gasteiger partial charge is 0.481 e. The highest BCUT2D eigenvalue weighted by Crippen LogP contribution is 2.39. The van der Waals surface area contributed by atoms with Gasteiger partial charge in [-0.2, -0.15) is 0 Å². The molecule has 2 saturated carbocycles. The number of carboxylic acids is 1. The summed E-state index contributed by atoms with van der Waals surface area (Å²) in [6.07, 6.45) is 9.27. The van der Waals surface area contributed by atoms with Crippen LogP contribution >= 0.6 is 0 Å². The monoisotopic (exact) mass is 272 g/mol. The molecule has 0 aliphatic heterocycles. The Kier molecular flexibility index (Phi) is 4.09. The summed E-state index contributed by atoms with van der Waals surface area (Å²) in [5.41, 5.74) is 2.68. The van der Waals surface area contributed by atoms with Crippen molar-refractivity contribution in [2.75, 3.05) is 0 Å². The van der Waals surface area contributed by atoms with Crippen molar-refractivity contribution in [3.05, 3.63) is 35.4 Å². The molecule has 0 spiro atoms. The molecule has 108 valence electrons. The van der Waals surface area contributed by atoms with Crippen LogP contribution in [0.2, 0.25) is 0 Å². The zero-order valence-corrected chi connectivity index (χ0v) is 12.1. The molecule has 2 heteroatoms. The summed E-state index contributed by atoms with van der Waals surface area (Å²) in [5.74, 6) is 0.172. The Morgan fingerprint density at radius 1 is 0.850 bits per heavy atom. The van der Waals surface area contributed by atoms with Gasteiger partial charge in [0.25, 0.3) is 0 Å². The van der Waals surface area contributed by atoms with E-state index in [0.29, 0.717) is 0 Å². The predicted molar refractivity (Wildman–Crippen MR) is 80.0 cm³/mol. The molecule has 2 nitrogen and oxygen atoms in total. The minimum atomic E-state index is -0.611. The highest BCUT2D eigenvalue weighted by molar-refractivity contribution is 5.71. The Labute approximate surface area is 121 Å². The van der Waals surface area contributed by atoms with Gasteiger partial charge in [-0.05, 0) is 48.6 Å². The van der Waals surface area contributed by atoms with Crippen LogP contribution in [0.25, 0.3) is 0 Å². The zero-order valence-electron chi connectivity index (χ0n) is 12.1. The predicted octanol–water partition coefficient (Wildman–Crippen LogP) is 4.70. The van der Waals surface area contributed by atoms with Crippen molar-refractivity contribution in [2.24, 2.45) is 5.92 Å². The van der Waals surface area contributed by atoms with E-state index in [-0.39, 0.29) is 11.8 Å². The van der Waals surface area contributed by atoms with Gasteiger partial charge >= 0.3 is 5.97 Å². The average molecular weight is 272 g/mol. The normalized spacial score (nSPS) is 27.6. The van der Waals surface area contributed by atoms with Gasteiger partial charge in [0.15, 0.2) is 0 Å². The molecule has 2 aliphatic carbocycles. The third-order valence-electron chi connectivity index (χ3n) is 5.27. The van der Waals surface area contributed by atoms with Crippen LogP contribution < -0.4 is 0 Å². The molecule has 20 heavy (non-hydrogen) atoms. The van der Waals surface area contributed by atoms with Crippen LogP contribution in [0, 0.1) is 5.92 Å². The summed E-state index contributed by atoms with van der Waals surface area (Å²) in [6.45, 7) is 0. The highest BCUT2D eigenvalue weighted by Gasteiger charge is 2.30. The van der Waals surface area contributed by atoms with Crippen molar-refractivity contribution >= 4 is 5.97 Å².